The molecule has 2 N–H and O–H groups in total. The molecule has 3 amide bonds. The molecule has 0 saturated carbocycles. The van der Waals surface area contributed by atoms with Gasteiger partial charge < -0.3 is 10.2 Å². The van der Waals surface area contributed by atoms with Gasteiger partial charge in [-0.2, -0.15) is 0 Å². The number of non-ortho nitro benzene ring substituents is 1. The van der Waals surface area contributed by atoms with Gasteiger partial charge in [0.1, 0.15) is 6.04 Å². The van der Waals surface area contributed by atoms with Crippen molar-refractivity contribution in [3.8, 4) is 0 Å². The highest BCUT2D eigenvalue weighted by atomic mass is 32.2. The van der Waals surface area contributed by atoms with Crippen LogP contribution < -0.4 is 10.0 Å². The minimum absolute atomic E-state index is 0.0113. The van der Waals surface area contributed by atoms with Crippen LogP contribution in [0.1, 0.15) is 36.5 Å². The van der Waals surface area contributed by atoms with E-state index in [1.165, 1.54) is 49.2 Å². The fourth-order valence-electron chi connectivity index (χ4n) is 3.89. The second-order valence-electron chi connectivity index (χ2n) is 8.10. The van der Waals surface area contributed by atoms with E-state index < -0.39 is 26.9 Å². The Hall–Kier alpha value is -3.80. The standard InChI is InChI=1S/C23H26N4O7S/c1-3-21(28)25-35(33,34)19-6-4-5-15(11-19)7-10-22(29)26-14-17-12-18(27(31)32)9-8-16(17)13-20(26)23(30)24-2/h4-6,8-9,11-12,20H,3,7,10,13-14H2,1-2H3,(H,24,30)(H,25,28)/t20-/m0/s1. The number of hydrogen-bond acceptors (Lipinski definition) is 7. The highest BCUT2D eigenvalue weighted by molar-refractivity contribution is 7.90. The molecule has 1 aliphatic rings. The topological polar surface area (TPSA) is 156 Å². The van der Waals surface area contributed by atoms with Gasteiger partial charge in [-0.15, -0.1) is 0 Å². The number of rotatable bonds is 8. The SMILES string of the molecule is CCC(=O)NS(=O)(=O)c1cccc(CCC(=O)N2Cc3cc([N+](=O)[O-])ccc3C[C@H]2C(=O)NC)c1. The first-order chi connectivity index (χ1) is 16.6. The molecule has 1 aliphatic heterocycles. The van der Waals surface area contributed by atoms with E-state index in [-0.39, 0.29) is 54.6 Å². The van der Waals surface area contributed by atoms with Gasteiger partial charge in [-0.25, -0.2) is 13.1 Å². The van der Waals surface area contributed by atoms with Gasteiger partial charge in [0.05, 0.1) is 9.82 Å². The molecule has 186 valence electrons. The van der Waals surface area contributed by atoms with Crippen LogP contribution in [0.4, 0.5) is 5.69 Å². The van der Waals surface area contributed by atoms with E-state index in [1.807, 2.05) is 4.72 Å². The third kappa shape index (κ3) is 6.01. The molecule has 0 unspecified atom stereocenters. The van der Waals surface area contributed by atoms with Gasteiger partial charge >= 0.3 is 0 Å². The molecule has 2 aromatic carbocycles. The van der Waals surface area contributed by atoms with Gasteiger partial charge in [-0.3, -0.25) is 24.5 Å². The van der Waals surface area contributed by atoms with Crippen LogP contribution >= 0.6 is 0 Å². The Kier molecular flexibility index (Phi) is 7.85. The van der Waals surface area contributed by atoms with Crippen LogP contribution in [-0.2, 0) is 43.8 Å². The van der Waals surface area contributed by atoms with Crippen LogP contribution in [0.5, 0.6) is 0 Å². The second-order valence-corrected chi connectivity index (χ2v) is 9.78. The number of benzene rings is 2. The van der Waals surface area contributed by atoms with Crippen LogP contribution in [0.25, 0.3) is 0 Å². The summed E-state index contributed by atoms with van der Waals surface area (Å²) in [7, 11) is -2.55. The van der Waals surface area contributed by atoms with E-state index in [0.29, 0.717) is 11.1 Å². The zero-order valence-corrected chi connectivity index (χ0v) is 20.1. The summed E-state index contributed by atoms with van der Waals surface area (Å²) >= 11 is 0. The van der Waals surface area contributed by atoms with E-state index >= 15 is 0 Å². The first-order valence-electron chi connectivity index (χ1n) is 11.0. The Bertz CT molecular complexity index is 1280. The summed E-state index contributed by atoms with van der Waals surface area (Å²) in [5, 5.41) is 13.7. The third-order valence-electron chi connectivity index (χ3n) is 5.81. The van der Waals surface area contributed by atoms with Gasteiger partial charge in [0.25, 0.3) is 15.7 Å². The van der Waals surface area contributed by atoms with Crippen molar-refractivity contribution in [2.45, 2.75) is 50.1 Å². The van der Waals surface area contributed by atoms with E-state index in [4.69, 9.17) is 0 Å². The van der Waals surface area contributed by atoms with Gasteiger partial charge in [0.15, 0.2) is 0 Å². The fourth-order valence-corrected chi connectivity index (χ4v) is 5.02. The summed E-state index contributed by atoms with van der Waals surface area (Å²) in [6.07, 6.45) is 0.427. The molecule has 1 atom stereocenters. The first-order valence-corrected chi connectivity index (χ1v) is 12.5. The number of hydrogen-bond donors (Lipinski definition) is 2. The molecule has 0 bridgehead atoms. The minimum atomic E-state index is -4.02. The fraction of sp³-hybridized carbons (Fsp3) is 0.348. The zero-order chi connectivity index (χ0) is 25.8. The van der Waals surface area contributed by atoms with Crippen LogP contribution in [0.2, 0.25) is 0 Å². The quantitative estimate of drug-likeness (QED) is 0.409. The molecule has 0 fully saturated rings. The van der Waals surface area contributed by atoms with Crippen molar-refractivity contribution in [1.82, 2.24) is 14.9 Å². The summed E-state index contributed by atoms with van der Waals surface area (Å²) in [4.78, 5) is 49.1. The first kappa shape index (κ1) is 25.8. The number of likely N-dealkylation sites (N-methyl/N-ethyl adjacent to an activating group) is 1. The van der Waals surface area contributed by atoms with E-state index in [0.717, 1.165) is 5.56 Å². The number of nitrogens with zero attached hydrogens (tertiary/aromatic N) is 2. The molecule has 0 radical (unpaired) electrons. The Morgan fingerprint density at radius 2 is 1.89 bits per heavy atom. The van der Waals surface area contributed by atoms with Gasteiger partial charge in [-0.05, 0) is 35.2 Å². The lowest BCUT2D eigenvalue weighted by Gasteiger charge is -2.35. The Balaban J connectivity index is 1.78. The molecule has 3 rings (SSSR count). The van der Waals surface area contributed by atoms with Crippen molar-refractivity contribution >= 4 is 33.4 Å². The van der Waals surface area contributed by atoms with Gasteiger partial charge in [0.2, 0.25) is 17.7 Å². The Morgan fingerprint density at radius 1 is 1.14 bits per heavy atom. The number of nitrogens with one attached hydrogen (secondary N) is 2. The monoisotopic (exact) mass is 502 g/mol. The largest absolute Gasteiger partial charge is 0.357 e. The van der Waals surface area contributed by atoms with E-state index in [1.54, 1.807) is 12.1 Å². The molecular formula is C23H26N4O7S. The predicted octanol–water partition coefficient (Wildman–Crippen LogP) is 1.44. The molecule has 11 nitrogen and oxygen atoms in total. The molecule has 2 aromatic rings. The normalized spacial score (nSPS) is 15.1. The maximum atomic E-state index is 13.1. The molecule has 35 heavy (non-hydrogen) atoms. The summed E-state index contributed by atoms with van der Waals surface area (Å²) < 4.78 is 26.7. The lowest BCUT2D eigenvalue weighted by molar-refractivity contribution is -0.385. The highest BCUT2D eigenvalue weighted by Gasteiger charge is 2.34. The summed E-state index contributed by atoms with van der Waals surface area (Å²) in [5.41, 5.74) is 1.84. The molecule has 0 spiro atoms. The molecule has 0 aliphatic carbocycles. The smallest absolute Gasteiger partial charge is 0.269 e. The molecular weight excluding hydrogens is 476 g/mol. The number of carbonyl (C=O) groups is 3. The van der Waals surface area contributed by atoms with Crippen LogP contribution in [0.3, 0.4) is 0 Å². The summed E-state index contributed by atoms with van der Waals surface area (Å²) in [5.74, 6) is -1.32. The van der Waals surface area contributed by atoms with Crippen molar-refractivity contribution in [2.75, 3.05) is 7.05 Å². The minimum Gasteiger partial charge on any atom is -0.357 e. The number of carbonyl (C=O) groups excluding carboxylic acids is 3. The van der Waals surface area contributed by atoms with Gasteiger partial charge in [-0.1, -0.05) is 25.1 Å². The lowest BCUT2D eigenvalue weighted by Crippen LogP contribution is -2.52. The van der Waals surface area contributed by atoms with Crippen LogP contribution in [-0.4, -0.2) is 49.1 Å². The maximum Gasteiger partial charge on any atom is 0.269 e. The molecule has 0 saturated heterocycles. The molecule has 0 aromatic heterocycles. The van der Waals surface area contributed by atoms with Crippen LogP contribution in [0, 0.1) is 10.1 Å². The lowest BCUT2D eigenvalue weighted by atomic mass is 9.92. The summed E-state index contributed by atoms with van der Waals surface area (Å²) in [6, 6.07) is 9.56. The number of aryl methyl sites for hydroxylation is 1. The molecule has 12 heteroatoms. The van der Waals surface area contributed by atoms with E-state index in [2.05, 4.69) is 5.32 Å². The van der Waals surface area contributed by atoms with Gasteiger partial charge in [0, 0.05) is 45.0 Å². The predicted molar refractivity (Wildman–Crippen MR) is 126 cm³/mol. The zero-order valence-electron chi connectivity index (χ0n) is 19.3. The number of amides is 3. The molecule has 1 heterocycles. The van der Waals surface area contributed by atoms with Crippen molar-refractivity contribution in [3.63, 3.8) is 0 Å². The van der Waals surface area contributed by atoms with Crippen molar-refractivity contribution < 1.29 is 27.7 Å². The van der Waals surface area contributed by atoms with Crippen molar-refractivity contribution in [3.05, 3.63) is 69.3 Å². The summed E-state index contributed by atoms with van der Waals surface area (Å²) in [6.45, 7) is 1.58. The number of nitro benzene ring substituents is 1. The van der Waals surface area contributed by atoms with Crippen LogP contribution in [0.15, 0.2) is 47.4 Å². The van der Waals surface area contributed by atoms with Crippen molar-refractivity contribution in [2.24, 2.45) is 0 Å². The van der Waals surface area contributed by atoms with Crippen molar-refractivity contribution in [1.29, 1.82) is 0 Å². The van der Waals surface area contributed by atoms with E-state index in [9.17, 15) is 32.9 Å². The highest BCUT2D eigenvalue weighted by Crippen LogP contribution is 2.28. The number of nitro groups is 1. The second kappa shape index (κ2) is 10.6. The third-order valence-corrected chi connectivity index (χ3v) is 7.18. The maximum absolute atomic E-state index is 13.1. The Morgan fingerprint density at radius 3 is 2.54 bits per heavy atom. The number of sulfonamides is 1. The Labute approximate surface area is 202 Å². The average molecular weight is 503 g/mol. The average Bonchev–Trinajstić information content (AvgIpc) is 2.85. The number of fused-ring (bicyclic) bond motifs is 1.